The lowest BCUT2D eigenvalue weighted by atomic mass is 10.2. The Morgan fingerprint density at radius 1 is 1.29 bits per heavy atom. The average Bonchev–Trinajstić information content (AvgIpc) is 3.22. The Labute approximate surface area is 187 Å². The molecular formula is C23H39N5O3. The van der Waals surface area contributed by atoms with Crippen LogP contribution in [-0.4, -0.2) is 88.3 Å². The van der Waals surface area contributed by atoms with Crippen LogP contribution in [0.15, 0.2) is 29.3 Å². The van der Waals surface area contributed by atoms with Gasteiger partial charge in [-0.15, -0.1) is 0 Å². The highest BCUT2D eigenvalue weighted by atomic mass is 16.5. The van der Waals surface area contributed by atoms with Gasteiger partial charge in [-0.3, -0.25) is 14.7 Å². The highest BCUT2D eigenvalue weighted by Gasteiger charge is 2.30. The summed E-state index contributed by atoms with van der Waals surface area (Å²) in [5, 5.41) is 6.64. The summed E-state index contributed by atoms with van der Waals surface area (Å²) in [6.07, 6.45) is 3.81. The lowest BCUT2D eigenvalue weighted by Crippen LogP contribution is -2.43. The third-order valence-electron chi connectivity index (χ3n) is 5.17. The summed E-state index contributed by atoms with van der Waals surface area (Å²) >= 11 is 0. The first-order valence-corrected chi connectivity index (χ1v) is 11.3. The third kappa shape index (κ3) is 8.75. The van der Waals surface area contributed by atoms with Crippen molar-refractivity contribution in [2.75, 3.05) is 65.9 Å². The number of benzene rings is 1. The zero-order chi connectivity index (χ0) is 22.5. The standard InChI is InChI=1S/C23H39N5O3/c1-5-24-23(26-19-10-6-11-20(18-19)31-17-9-16-30-4)25-13-8-15-28-14-7-12-21(28)22(29)27(2)3/h6,10-11,18,21H,5,7-9,12-17H2,1-4H3,(H2,24,25,26). The van der Waals surface area contributed by atoms with Crippen molar-refractivity contribution in [2.24, 2.45) is 4.99 Å². The number of carbonyl (C=O) groups is 1. The number of anilines is 1. The topological polar surface area (TPSA) is 78.4 Å². The van der Waals surface area contributed by atoms with E-state index in [0.717, 1.165) is 62.7 Å². The second-order valence-corrected chi connectivity index (χ2v) is 7.89. The highest BCUT2D eigenvalue weighted by Crippen LogP contribution is 2.19. The fraction of sp³-hybridized carbons (Fsp3) is 0.652. The quantitative estimate of drug-likeness (QED) is 0.299. The molecule has 1 amide bonds. The number of ether oxygens (including phenoxy) is 2. The van der Waals surface area contributed by atoms with Crippen LogP contribution >= 0.6 is 0 Å². The van der Waals surface area contributed by atoms with Crippen molar-refractivity contribution in [1.82, 2.24) is 15.1 Å². The van der Waals surface area contributed by atoms with E-state index >= 15 is 0 Å². The average molecular weight is 434 g/mol. The van der Waals surface area contributed by atoms with Crippen molar-refractivity contribution in [3.63, 3.8) is 0 Å². The van der Waals surface area contributed by atoms with Crippen LogP contribution in [0, 0.1) is 0 Å². The molecule has 1 aromatic carbocycles. The maximum Gasteiger partial charge on any atom is 0.239 e. The van der Waals surface area contributed by atoms with Gasteiger partial charge >= 0.3 is 0 Å². The summed E-state index contributed by atoms with van der Waals surface area (Å²) in [6.45, 7) is 6.72. The number of hydrogen-bond acceptors (Lipinski definition) is 5. The smallest absolute Gasteiger partial charge is 0.239 e. The van der Waals surface area contributed by atoms with Crippen molar-refractivity contribution in [3.8, 4) is 5.75 Å². The number of guanidine groups is 1. The van der Waals surface area contributed by atoms with E-state index in [1.165, 1.54) is 0 Å². The molecule has 0 bridgehead atoms. The highest BCUT2D eigenvalue weighted by molar-refractivity contribution is 5.93. The molecule has 1 unspecified atom stereocenters. The van der Waals surface area contributed by atoms with Crippen molar-refractivity contribution >= 4 is 17.6 Å². The lowest BCUT2D eigenvalue weighted by molar-refractivity contribution is -0.133. The lowest BCUT2D eigenvalue weighted by Gasteiger charge is -2.25. The van der Waals surface area contributed by atoms with Gasteiger partial charge in [-0.05, 0) is 44.9 Å². The van der Waals surface area contributed by atoms with E-state index < -0.39 is 0 Å². The Morgan fingerprint density at radius 3 is 2.87 bits per heavy atom. The van der Waals surface area contributed by atoms with Gasteiger partial charge in [0.15, 0.2) is 5.96 Å². The Balaban J connectivity index is 1.84. The molecular weight excluding hydrogens is 394 g/mol. The van der Waals surface area contributed by atoms with Gasteiger partial charge < -0.3 is 25.0 Å². The summed E-state index contributed by atoms with van der Waals surface area (Å²) < 4.78 is 10.8. The van der Waals surface area contributed by atoms with Crippen LogP contribution in [0.25, 0.3) is 0 Å². The predicted molar refractivity (Wildman–Crippen MR) is 126 cm³/mol. The molecule has 2 rings (SSSR count). The maximum atomic E-state index is 12.3. The molecule has 1 aliphatic heterocycles. The maximum absolute atomic E-state index is 12.3. The molecule has 0 aromatic heterocycles. The number of hydrogen-bond donors (Lipinski definition) is 2. The van der Waals surface area contributed by atoms with Crippen molar-refractivity contribution in [1.29, 1.82) is 0 Å². The summed E-state index contributed by atoms with van der Waals surface area (Å²) in [7, 11) is 5.35. The van der Waals surface area contributed by atoms with Gasteiger partial charge in [0.2, 0.25) is 5.91 Å². The van der Waals surface area contributed by atoms with E-state index in [9.17, 15) is 4.79 Å². The van der Waals surface area contributed by atoms with Crippen LogP contribution in [0.3, 0.4) is 0 Å². The number of nitrogens with zero attached hydrogens (tertiary/aromatic N) is 3. The second-order valence-electron chi connectivity index (χ2n) is 7.89. The molecule has 1 atom stereocenters. The molecule has 1 aliphatic rings. The van der Waals surface area contributed by atoms with Crippen LogP contribution < -0.4 is 15.4 Å². The number of nitrogens with one attached hydrogen (secondary N) is 2. The number of methoxy groups -OCH3 is 1. The molecule has 0 saturated carbocycles. The Bertz CT molecular complexity index is 696. The van der Waals surface area contributed by atoms with Gasteiger partial charge in [-0.25, -0.2) is 0 Å². The molecule has 1 saturated heterocycles. The molecule has 0 spiro atoms. The first kappa shape index (κ1) is 24.9. The minimum Gasteiger partial charge on any atom is -0.493 e. The van der Waals surface area contributed by atoms with Gasteiger partial charge in [0, 0.05) is 65.6 Å². The Morgan fingerprint density at radius 2 is 2.13 bits per heavy atom. The van der Waals surface area contributed by atoms with Crippen molar-refractivity contribution in [2.45, 2.75) is 38.6 Å². The third-order valence-corrected chi connectivity index (χ3v) is 5.17. The van der Waals surface area contributed by atoms with Gasteiger partial charge in [-0.2, -0.15) is 0 Å². The SMILES string of the molecule is CCNC(=NCCCN1CCCC1C(=O)N(C)C)Nc1cccc(OCCCOC)c1. The molecule has 31 heavy (non-hydrogen) atoms. The molecule has 0 aliphatic carbocycles. The van der Waals surface area contributed by atoms with Crippen LogP contribution in [0.1, 0.15) is 32.6 Å². The van der Waals surface area contributed by atoms with Crippen molar-refractivity contribution < 1.29 is 14.3 Å². The molecule has 8 heteroatoms. The van der Waals surface area contributed by atoms with Crippen LogP contribution in [0.5, 0.6) is 5.75 Å². The molecule has 1 heterocycles. The Kier molecular flexibility index (Phi) is 11.2. The predicted octanol–water partition coefficient (Wildman–Crippen LogP) is 2.42. The normalized spacial score (nSPS) is 16.9. The van der Waals surface area contributed by atoms with Crippen LogP contribution in [-0.2, 0) is 9.53 Å². The zero-order valence-corrected chi connectivity index (χ0v) is 19.5. The molecule has 2 N–H and O–H groups in total. The van der Waals surface area contributed by atoms with Gasteiger partial charge in [0.05, 0.1) is 12.6 Å². The van der Waals surface area contributed by atoms with E-state index in [4.69, 9.17) is 14.5 Å². The fourth-order valence-electron chi connectivity index (χ4n) is 3.64. The number of likely N-dealkylation sites (N-methyl/N-ethyl adjacent to an activating group) is 1. The summed E-state index contributed by atoms with van der Waals surface area (Å²) in [4.78, 5) is 21.0. The Hall–Kier alpha value is -2.32. The molecule has 8 nitrogen and oxygen atoms in total. The molecule has 174 valence electrons. The zero-order valence-electron chi connectivity index (χ0n) is 19.5. The van der Waals surface area contributed by atoms with Gasteiger partial charge in [0.25, 0.3) is 0 Å². The van der Waals surface area contributed by atoms with E-state index in [1.54, 1.807) is 12.0 Å². The number of aliphatic imine (C=N–C) groups is 1. The number of amides is 1. The van der Waals surface area contributed by atoms with Gasteiger partial charge in [-0.1, -0.05) is 6.07 Å². The van der Waals surface area contributed by atoms with E-state index in [1.807, 2.05) is 45.3 Å². The second kappa shape index (κ2) is 13.9. The molecule has 1 aromatic rings. The largest absolute Gasteiger partial charge is 0.493 e. The molecule has 0 radical (unpaired) electrons. The first-order valence-electron chi connectivity index (χ1n) is 11.3. The number of rotatable bonds is 12. The fourth-order valence-corrected chi connectivity index (χ4v) is 3.64. The number of carbonyl (C=O) groups excluding carboxylic acids is 1. The summed E-state index contributed by atoms with van der Waals surface area (Å²) in [5.41, 5.74) is 0.931. The summed E-state index contributed by atoms with van der Waals surface area (Å²) in [5.74, 6) is 1.78. The molecule has 1 fully saturated rings. The van der Waals surface area contributed by atoms with E-state index in [2.05, 4.69) is 15.5 Å². The van der Waals surface area contributed by atoms with Crippen LogP contribution in [0.4, 0.5) is 5.69 Å². The first-order chi connectivity index (χ1) is 15.0. The monoisotopic (exact) mass is 433 g/mol. The van der Waals surface area contributed by atoms with E-state index in [0.29, 0.717) is 19.8 Å². The van der Waals surface area contributed by atoms with E-state index in [-0.39, 0.29) is 11.9 Å². The van der Waals surface area contributed by atoms with Crippen molar-refractivity contribution in [3.05, 3.63) is 24.3 Å². The number of likely N-dealkylation sites (tertiary alicyclic amines) is 1. The van der Waals surface area contributed by atoms with Gasteiger partial charge in [0.1, 0.15) is 5.75 Å². The minimum atomic E-state index is 0.0250. The minimum absolute atomic E-state index is 0.0250. The van der Waals surface area contributed by atoms with Crippen LogP contribution in [0.2, 0.25) is 0 Å². The summed E-state index contributed by atoms with van der Waals surface area (Å²) in [6, 6.07) is 7.91.